The Morgan fingerprint density at radius 1 is 0.348 bits per heavy atom. The maximum absolute atomic E-state index is 6.72. The first-order chi connectivity index (χ1) is 33.5. The molecule has 13 aromatic rings. The summed E-state index contributed by atoms with van der Waals surface area (Å²) in [6.07, 6.45) is 0. The van der Waals surface area contributed by atoms with Gasteiger partial charge in [0.15, 0.2) is 11.2 Å². The smallest absolute Gasteiger partial charge is 0.159 e. The van der Waals surface area contributed by atoms with E-state index in [2.05, 4.69) is 233 Å². The van der Waals surface area contributed by atoms with Crippen LogP contribution in [0.4, 0.5) is 34.1 Å². The average molecular weight is 911 g/mol. The fourth-order valence-corrected chi connectivity index (χ4v) is 11.9. The van der Waals surface area contributed by atoms with Gasteiger partial charge in [-0.1, -0.05) is 163 Å². The van der Waals surface area contributed by atoms with Crippen molar-refractivity contribution in [3.63, 3.8) is 0 Å². The molecule has 0 atom stereocenters. The Hall–Kier alpha value is -7.86. The zero-order chi connectivity index (χ0) is 46.8. The highest BCUT2D eigenvalue weighted by atomic mass is 32.1. The van der Waals surface area contributed by atoms with Crippen molar-refractivity contribution in [1.82, 2.24) is 0 Å². The highest BCUT2D eigenvalue weighted by Gasteiger charge is 2.25. The summed E-state index contributed by atoms with van der Waals surface area (Å²) in [6, 6.07) is 70.8. The number of hydrogen-bond acceptors (Lipinski definition) is 5. The first-order valence-electron chi connectivity index (χ1n) is 23.9. The lowest BCUT2D eigenvalue weighted by Gasteiger charge is -2.27. The number of anilines is 6. The molecule has 0 N–H and O–H groups in total. The normalized spacial score (nSPS) is 12.5. The number of hydrogen-bond donors (Lipinski definition) is 0. The SMILES string of the molecule is CC(C)(C)c1ccc(N(c2ccc3c(c2)sc2c4ccc(N(c5ccc(C(C)(C)C)cc5)c5cccc6c5oc5ccccc56)cc4c4ccccc4c32)c2cccc3c2oc2ccccc23)cc1. The van der Waals surface area contributed by atoms with Crippen molar-refractivity contribution in [1.29, 1.82) is 0 Å². The maximum Gasteiger partial charge on any atom is 0.159 e. The van der Waals surface area contributed by atoms with Gasteiger partial charge in [0, 0.05) is 69.9 Å². The van der Waals surface area contributed by atoms with E-state index in [1.165, 1.54) is 52.8 Å². The van der Waals surface area contributed by atoms with E-state index in [0.717, 1.165) is 78.0 Å². The largest absolute Gasteiger partial charge is 0.454 e. The van der Waals surface area contributed by atoms with E-state index in [0.29, 0.717) is 0 Å². The van der Waals surface area contributed by atoms with Gasteiger partial charge in [-0.15, -0.1) is 11.3 Å². The van der Waals surface area contributed by atoms with Crippen LogP contribution in [-0.2, 0) is 10.8 Å². The van der Waals surface area contributed by atoms with Gasteiger partial charge in [0.25, 0.3) is 0 Å². The molecule has 69 heavy (non-hydrogen) atoms. The van der Waals surface area contributed by atoms with E-state index in [1.54, 1.807) is 0 Å². The Labute approximate surface area is 405 Å². The zero-order valence-electron chi connectivity index (χ0n) is 39.6. The molecule has 0 fully saturated rings. The lowest BCUT2D eigenvalue weighted by Crippen LogP contribution is -2.13. The molecule has 10 aromatic carbocycles. The van der Waals surface area contributed by atoms with Crippen molar-refractivity contribution >= 4 is 131 Å². The Bertz CT molecular complexity index is 4160. The highest BCUT2D eigenvalue weighted by Crippen LogP contribution is 2.50. The number of fused-ring (bicyclic) bond motifs is 14. The molecular formula is C64H50N2O2S. The summed E-state index contributed by atoms with van der Waals surface area (Å²) in [5.74, 6) is 0. The third kappa shape index (κ3) is 6.63. The molecule has 0 unspecified atom stereocenters. The van der Waals surface area contributed by atoms with Gasteiger partial charge in [-0.2, -0.15) is 0 Å². The van der Waals surface area contributed by atoms with Crippen LogP contribution in [0.5, 0.6) is 0 Å². The summed E-state index contributed by atoms with van der Waals surface area (Å²) >= 11 is 1.88. The van der Waals surface area contributed by atoms with E-state index in [4.69, 9.17) is 8.83 Å². The molecule has 0 aliphatic heterocycles. The number of rotatable bonds is 6. The fraction of sp³-hybridized carbons (Fsp3) is 0.125. The van der Waals surface area contributed by atoms with Gasteiger partial charge in [0.05, 0.1) is 11.4 Å². The molecule has 0 saturated carbocycles. The molecule has 3 heterocycles. The Morgan fingerprint density at radius 3 is 1.30 bits per heavy atom. The molecule has 3 aromatic heterocycles. The van der Waals surface area contributed by atoms with Gasteiger partial charge in [0.1, 0.15) is 11.2 Å². The first kappa shape index (κ1) is 41.3. The van der Waals surface area contributed by atoms with E-state index in [9.17, 15) is 0 Å². The summed E-state index contributed by atoms with van der Waals surface area (Å²) in [6.45, 7) is 13.6. The van der Waals surface area contributed by atoms with E-state index < -0.39 is 0 Å². The quantitative estimate of drug-likeness (QED) is 0.156. The van der Waals surface area contributed by atoms with Crippen molar-refractivity contribution in [2.75, 3.05) is 9.80 Å². The molecule has 0 spiro atoms. The lowest BCUT2D eigenvalue weighted by molar-refractivity contribution is 0.590. The summed E-state index contributed by atoms with van der Waals surface area (Å²) in [7, 11) is 0. The summed E-state index contributed by atoms with van der Waals surface area (Å²) in [5.41, 5.74) is 12.5. The van der Waals surface area contributed by atoms with E-state index in [-0.39, 0.29) is 10.8 Å². The second-order valence-electron chi connectivity index (χ2n) is 20.5. The van der Waals surface area contributed by atoms with Crippen molar-refractivity contribution in [2.24, 2.45) is 0 Å². The van der Waals surface area contributed by atoms with Crippen molar-refractivity contribution < 1.29 is 8.83 Å². The van der Waals surface area contributed by atoms with Crippen LogP contribution in [0.25, 0.3) is 85.6 Å². The number of benzene rings is 10. The molecule has 0 radical (unpaired) electrons. The standard InChI is InChI=1S/C64H50N2O2S/c1-63(2,3)39-25-29-41(30-26-39)65(54-21-13-19-49-46-16-9-11-23-56(46)67-60(49)54)43-33-35-51-53(37-43)45-15-7-8-18-48(45)59-52-36-34-44(38-58(52)69-62(51)59)66(42-31-27-40(28-32-42)64(4,5)6)55-22-14-20-50-47-17-10-12-24-57(47)68-61(50)55/h7-38H,1-6H3. The highest BCUT2D eigenvalue weighted by molar-refractivity contribution is 7.27. The van der Waals surface area contributed by atoms with Crippen LogP contribution in [0.1, 0.15) is 52.7 Å². The molecule has 0 amide bonds. The van der Waals surface area contributed by atoms with Gasteiger partial charge >= 0.3 is 0 Å². The number of thiophene rings is 1. The molecule has 0 aliphatic carbocycles. The van der Waals surface area contributed by atoms with Gasteiger partial charge in [-0.3, -0.25) is 0 Å². The van der Waals surface area contributed by atoms with Crippen molar-refractivity contribution in [3.05, 3.63) is 205 Å². The monoisotopic (exact) mass is 910 g/mol. The Kier molecular flexibility index (Phi) is 9.18. The lowest BCUT2D eigenvalue weighted by atomic mass is 9.87. The fourth-order valence-electron chi connectivity index (χ4n) is 10.6. The average Bonchev–Trinajstić information content (AvgIpc) is 4.07. The molecule has 4 nitrogen and oxygen atoms in total. The molecule has 334 valence electrons. The molecule has 0 saturated heterocycles. The summed E-state index contributed by atoms with van der Waals surface area (Å²) < 4.78 is 15.9. The van der Waals surface area contributed by atoms with Gasteiger partial charge in [-0.25, -0.2) is 0 Å². The van der Waals surface area contributed by atoms with Gasteiger partial charge < -0.3 is 18.6 Å². The maximum atomic E-state index is 6.72. The number of furan rings is 2. The second kappa shape index (κ2) is 15.3. The molecule has 0 bridgehead atoms. The zero-order valence-corrected chi connectivity index (χ0v) is 40.4. The van der Waals surface area contributed by atoms with Crippen LogP contribution in [-0.4, -0.2) is 0 Å². The second-order valence-corrected chi connectivity index (χ2v) is 21.6. The minimum Gasteiger partial charge on any atom is -0.454 e. The van der Waals surface area contributed by atoms with Crippen LogP contribution >= 0.6 is 11.3 Å². The molecular weight excluding hydrogens is 861 g/mol. The van der Waals surface area contributed by atoms with Crippen molar-refractivity contribution in [2.45, 2.75) is 52.4 Å². The first-order valence-corrected chi connectivity index (χ1v) is 24.7. The van der Waals surface area contributed by atoms with Crippen molar-refractivity contribution in [3.8, 4) is 0 Å². The van der Waals surface area contributed by atoms with Crippen LogP contribution in [0, 0.1) is 0 Å². The minimum atomic E-state index is 0.0267. The third-order valence-electron chi connectivity index (χ3n) is 14.2. The van der Waals surface area contributed by atoms with Crippen LogP contribution < -0.4 is 9.80 Å². The molecule has 0 aliphatic rings. The molecule has 13 rings (SSSR count). The van der Waals surface area contributed by atoms with Gasteiger partial charge in [-0.05, 0) is 111 Å². The van der Waals surface area contributed by atoms with E-state index >= 15 is 0 Å². The Morgan fingerprint density at radius 2 is 0.783 bits per heavy atom. The Balaban J connectivity index is 1.02. The summed E-state index contributed by atoms with van der Waals surface area (Å²) in [4.78, 5) is 4.74. The third-order valence-corrected chi connectivity index (χ3v) is 15.3. The van der Waals surface area contributed by atoms with Gasteiger partial charge in [0.2, 0.25) is 0 Å². The van der Waals surface area contributed by atoms with Crippen LogP contribution in [0.2, 0.25) is 0 Å². The molecule has 5 heteroatoms. The summed E-state index contributed by atoms with van der Waals surface area (Å²) in [5, 5.41) is 11.9. The van der Waals surface area contributed by atoms with E-state index in [1.807, 2.05) is 23.5 Å². The topological polar surface area (TPSA) is 32.8 Å². The predicted molar refractivity (Wildman–Crippen MR) is 296 cm³/mol. The minimum absolute atomic E-state index is 0.0267. The number of para-hydroxylation sites is 4. The predicted octanol–water partition coefficient (Wildman–Crippen LogP) is 19.7. The van der Waals surface area contributed by atoms with Crippen LogP contribution in [0.15, 0.2) is 203 Å². The number of nitrogens with zero attached hydrogens (tertiary/aromatic N) is 2. The van der Waals surface area contributed by atoms with Crippen LogP contribution in [0.3, 0.4) is 0 Å².